The minimum absolute atomic E-state index is 0.355. The third kappa shape index (κ3) is 4.10. The quantitative estimate of drug-likeness (QED) is 0.331. The average molecular weight is 473 g/mol. The first-order valence-electron chi connectivity index (χ1n) is 9.78. The molecule has 0 amide bonds. The summed E-state index contributed by atoms with van der Waals surface area (Å²) in [6.45, 7) is -0.555. The maximum atomic E-state index is 11.1. The molecule has 5 rings (SSSR count). The van der Waals surface area contributed by atoms with Crippen LogP contribution in [0.15, 0.2) is 55.4 Å². The number of nitrogens with zero attached hydrogens (tertiary/aromatic N) is 6. The molecule has 1 aliphatic rings. The largest absolute Gasteiger partial charge is 0.387 e. The van der Waals surface area contributed by atoms with Crippen molar-refractivity contribution in [3.63, 3.8) is 0 Å². The van der Waals surface area contributed by atoms with Gasteiger partial charge in [-0.3, -0.25) is 8.75 Å². The molecule has 0 bridgehead atoms. The molecule has 1 saturated heterocycles. The van der Waals surface area contributed by atoms with Crippen LogP contribution < -0.4 is 5.14 Å². The molecule has 0 saturated carbocycles. The summed E-state index contributed by atoms with van der Waals surface area (Å²) in [5.41, 5.74) is 2.96. The lowest BCUT2D eigenvalue weighted by atomic mass is 10.1. The van der Waals surface area contributed by atoms with Crippen LogP contribution in [0.25, 0.3) is 28.1 Å². The van der Waals surface area contributed by atoms with Crippen LogP contribution >= 0.6 is 0 Å². The first-order chi connectivity index (χ1) is 15.8. The third-order valence-electron chi connectivity index (χ3n) is 5.26. The van der Waals surface area contributed by atoms with E-state index in [1.165, 1.54) is 17.2 Å². The Morgan fingerprint density at radius 2 is 2.00 bits per heavy atom. The molecule has 14 heteroatoms. The van der Waals surface area contributed by atoms with E-state index >= 15 is 0 Å². The number of benzene rings is 1. The van der Waals surface area contributed by atoms with Crippen molar-refractivity contribution in [2.45, 2.75) is 24.5 Å². The molecule has 4 aromatic rings. The Kier molecular flexibility index (Phi) is 5.40. The lowest BCUT2D eigenvalue weighted by molar-refractivity contribution is -0.0467. The number of hydrogen-bond acceptors (Lipinski definition) is 10. The van der Waals surface area contributed by atoms with Crippen molar-refractivity contribution >= 4 is 21.5 Å². The van der Waals surface area contributed by atoms with Crippen LogP contribution in [0.1, 0.15) is 6.23 Å². The maximum Gasteiger partial charge on any atom is 0.333 e. The number of nitrogens with two attached hydrogens (primary N) is 1. The number of ether oxygens (including phenoxy) is 1. The third-order valence-corrected chi connectivity index (χ3v) is 5.72. The number of rotatable bonds is 6. The molecule has 4 heterocycles. The summed E-state index contributed by atoms with van der Waals surface area (Å²) >= 11 is 0. The summed E-state index contributed by atoms with van der Waals surface area (Å²) < 4.78 is 35.4. The van der Waals surface area contributed by atoms with Gasteiger partial charge >= 0.3 is 10.3 Å². The molecule has 1 fully saturated rings. The monoisotopic (exact) mass is 473 g/mol. The molecule has 0 aliphatic carbocycles. The van der Waals surface area contributed by atoms with Crippen LogP contribution in [0.5, 0.6) is 0 Å². The predicted octanol–water partition coefficient (Wildman–Crippen LogP) is -0.482. The van der Waals surface area contributed by atoms with Gasteiger partial charge in [-0.05, 0) is 18.2 Å². The molecule has 1 aliphatic heterocycles. The molecule has 0 radical (unpaired) electrons. The van der Waals surface area contributed by atoms with Gasteiger partial charge in [-0.1, -0.05) is 12.1 Å². The Morgan fingerprint density at radius 1 is 1.15 bits per heavy atom. The molecule has 0 unspecified atom stereocenters. The van der Waals surface area contributed by atoms with E-state index in [-0.39, 0.29) is 0 Å². The Balaban J connectivity index is 1.48. The minimum Gasteiger partial charge on any atom is -0.387 e. The van der Waals surface area contributed by atoms with Gasteiger partial charge in [0.05, 0.1) is 18.6 Å². The van der Waals surface area contributed by atoms with Gasteiger partial charge < -0.3 is 14.9 Å². The predicted molar refractivity (Wildman–Crippen MR) is 113 cm³/mol. The van der Waals surface area contributed by atoms with Crippen LogP contribution in [-0.4, -0.2) is 72.8 Å². The number of hydrogen-bond donors (Lipinski definition) is 3. The van der Waals surface area contributed by atoms with E-state index < -0.39 is 41.5 Å². The average Bonchev–Trinajstić information content (AvgIpc) is 3.53. The van der Waals surface area contributed by atoms with Crippen LogP contribution in [0.2, 0.25) is 0 Å². The summed E-state index contributed by atoms with van der Waals surface area (Å²) in [5.74, 6) is 0. The zero-order valence-corrected chi connectivity index (χ0v) is 17.7. The second-order valence-corrected chi connectivity index (χ2v) is 8.59. The minimum atomic E-state index is -4.23. The standard InChI is InChI=1S/C19H19N7O6S/c20-33(29,30)31-8-13-16(27)17(28)19(32-13)25-10-23-15-14(21-9-22-18(15)25)11-3-1-4-12(7-11)26-6-2-5-24-26/h1-7,9-10,13,16-17,19,27-28H,8H2,(H2,20,29,30)/t13-,16-,17-,19-/m1/s1. The molecule has 3 aromatic heterocycles. The number of aliphatic hydroxyl groups is 2. The van der Waals surface area contributed by atoms with Crippen LogP contribution in [-0.2, 0) is 19.2 Å². The fourth-order valence-electron chi connectivity index (χ4n) is 3.73. The fraction of sp³-hybridized carbons (Fsp3) is 0.263. The van der Waals surface area contributed by atoms with Gasteiger partial charge in [-0.15, -0.1) is 0 Å². The van der Waals surface area contributed by atoms with E-state index in [0.717, 1.165) is 11.3 Å². The SMILES string of the molecule is NS(=O)(=O)OC[C@H]1O[C@@H](n2cnc3c(-c4cccc(-n5cccn5)c4)ncnc32)[C@H](O)[C@@H]1O. The van der Waals surface area contributed by atoms with Gasteiger partial charge in [-0.25, -0.2) is 24.8 Å². The van der Waals surface area contributed by atoms with E-state index in [4.69, 9.17) is 9.88 Å². The normalized spacial score (nSPS) is 23.4. The van der Waals surface area contributed by atoms with Gasteiger partial charge in [0.1, 0.15) is 35.8 Å². The first-order valence-corrected chi connectivity index (χ1v) is 11.3. The van der Waals surface area contributed by atoms with Crippen molar-refractivity contribution < 1.29 is 27.6 Å². The number of aliphatic hydroxyl groups excluding tert-OH is 2. The van der Waals surface area contributed by atoms with Crippen molar-refractivity contribution in [3.8, 4) is 16.9 Å². The Bertz CT molecular complexity index is 1390. The van der Waals surface area contributed by atoms with E-state index in [2.05, 4.69) is 24.2 Å². The number of fused-ring (bicyclic) bond motifs is 1. The summed E-state index contributed by atoms with van der Waals surface area (Å²) in [7, 11) is -4.23. The molecule has 13 nitrogen and oxygen atoms in total. The van der Waals surface area contributed by atoms with Crippen LogP contribution in [0, 0.1) is 0 Å². The van der Waals surface area contributed by atoms with Crippen molar-refractivity contribution in [2.75, 3.05) is 6.61 Å². The van der Waals surface area contributed by atoms with E-state index in [0.29, 0.717) is 16.9 Å². The summed E-state index contributed by atoms with van der Waals surface area (Å²) in [4.78, 5) is 13.0. The highest BCUT2D eigenvalue weighted by Crippen LogP contribution is 2.33. The van der Waals surface area contributed by atoms with Crippen molar-refractivity contribution in [3.05, 3.63) is 55.4 Å². The maximum absolute atomic E-state index is 11.1. The van der Waals surface area contributed by atoms with Gasteiger partial charge in [0, 0.05) is 18.0 Å². The smallest absolute Gasteiger partial charge is 0.333 e. The summed E-state index contributed by atoms with van der Waals surface area (Å²) in [6.07, 6.45) is 1.24. The highest BCUT2D eigenvalue weighted by atomic mass is 32.2. The number of aromatic nitrogens is 6. The number of imidazole rings is 1. The van der Waals surface area contributed by atoms with Crippen molar-refractivity contribution in [1.82, 2.24) is 29.3 Å². The van der Waals surface area contributed by atoms with Gasteiger partial charge in [-0.2, -0.15) is 13.5 Å². The Morgan fingerprint density at radius 3 is 2.76 bits per heavy atom. The van der Waals surface area contributed by atoms with E-state index in [9.17, 15) is 18.6 Å². The van der Waals surface area contributed by atoms with Crippen molar-refractivity contribution in [1.29, 1.82) is 0 Å². The van der Waals surface area contributed by atoms with Crippen molar-refractivity contribution in [2.24, 2.45) is 5.14 Å². The Hall–Kier alpha value is -3.27. The molecule has 33 heavy (non-hydrogen) atoms. The summed E-state index contributed by atoms with van der Waals surface area (Å²) in [6, 6.07) is 9.37. The molecule has 1 aromatic carbocycles. The molecular formula is C19H19N7O6S. The highest BCUT2D eigenvalue weighted by molar-refractivity contribution is 7.84. The van der Waals surface area contributed by atoms with Gasteiger partial charge in [0.25, 0.3) is 0 Å². The fourth-order valence-corrected chi connectivity index (χ4v) is 4.05. The lowest BCUT2D eigenvalue weighted by Gasteiger charge is -2.16. The van der Waals surface area contributed by atoms with Gasteiger partial charge in [0.2, 0.25) is 0 Å². The van der Waals surface area contributed by atoms with E-state index in [1.807, 2.05) is 36.5 Å². The molecule has 4 N–H and O–H groups in total. The second-order valence-electron chi connectivity index (χ2n) is 7.37. The summed E-state index contributed by atoms with van der Waals surface area (Å²) in [5, 5.41) is 29.8. The molecule has 172 valence electrons. The molecule has 4 atom stereocenters. The highest BCUT2D eigenvalue weighted by Gasteiger charge is 2.45. The lowest BCUT2D eigenvalue weighted by Crippen LogP contribution is -2.35. The second kappa shape index (κ2) is 8.26. The van der Waals surface area contributed by atoms with E-state index in [1.54, 1.807) is 10.9 Å². The molecule has 0 spiro atoms. The Labute approximate surface area is 187 Å². The first kappa shape index (κ1) is 21.6. The topological polar surface area (TPSA) is 180 Å². The van der Waals surface area contributed by atoms with Gasteiger partial charge in [0.15, 0.2) is 11.9 Å². The zero-order valence-electron chi connectivity index (χ0n) is 16.9. The zero-order chi connectivity index (χ0) is 23.2. The van der Waals surface area contributed by atoms with Crippen LogP contribution in [0.4, 0.5) is 0 Å². The molecular weight excluding hydrogens is 454 g/mol. The van der Waals surface area contributed by atoms with Crippen LogP contribution in [0.3, 0.4) is 0 Å².